The first-order valence-corrected chi connectivity index (χ1v) is 7.28. The quantitative estimate of drug-likeness (QED) is 0.940. The van der Waals surface area contributed by atoms with E-state index >= 15 is 0 Å². The molecule has 0 aliphatic rings. The molecule has 0 fully saturated rings. The Morgan fingerprint density at radius 3 is 2.68 bits per heavy atom. The highest BCUT2D eigenvalue weighted by atomic mass is 79.9. The van der Waals surface area contributed by atoms with E-state index in [1.807, 2.05) is 23.9 Å². The lowest BCUT2D eigenvalue weighted by Crippen LogP contribution is -2.36. The Balaban J connectivity index is 2.27. The molecule has 1 aromatic heterocycles. The van der Waals surface area contributed by atoms with Crippen LogP contribution in [0.15, 0.2) is 34.8 Å². The summed E-state index contributed by atoms with van der Waals surface area (Å²) in [6.45, 7) is 4.18. The van der Waals surface area contributed by atoms with Crippen LogP contribution in [0.4, 0.5) is 0 Å². The van der Waals surface area contributed by atoms with E-state index in [-0.39, 0.29) is 0 Å². The van der Waals surface area contributed by atoms with Gasteiger partial charge in [-0.2, -0.15) is 5.10 Å². The minimum Gasteiger partial charge on any atom is -0.321 e. The Bertz CT molecular complexity index is 573. The van der Waals surface area contributed by atoms with Crippen molar-refractivity contribution in [1.82, 2.24) is 9.78 Å². The molecule has 19 heavy (non-hydrogen) atoms. The van der Waals surface area contributed by atoms with Crippen molar-refractivity contribution in [2.45, 2.75) is 32.2 Å². The van der Waals surface area contributed by atoms with Gasteiger partial charge in [0.15, 0.2) is 0 Å². The third kappa shape index (κ3) is 3.25. The summed E-state index contributed by atoms with van der Waals surface area (Å²) in [5, 5.41) is 4.48. The third-order valence-corrected chi connectivity index (χ3v) is 3.92. The Hall–Kier alpha value is -1.13. The summed E-state index contributed by atoms with van der Waals surface area (Å²) in [6.07, 6.45) is 1.72. The summed E-state index contributed by atoms with van der Waals surface area (Å²) in [5.41, 5.74) is 9.50. The molecule has 1 heterocycles. The normalized spacial score (nSPS) is 14.4. The van der Waals surface area contributed by atoms with Gasteiger partial charge in [0.05, 0.1) is 5.69 Å². The van der Waals surface area contributed by atoms with E-state index in [1.54, 1.807) is 0 Å². The third-order valence-electron chi connectivity index (χ3n) is 3.42. The van der Waals surface area contributed by atoms with Gasteiger partial charge >= 0.3 is 0 Å². The predicted octanol–water partition coefficient (Wildman–Crippen LogP) is 3.16. The maximum Gasteiger partial charge on any atom is 0.0624 e. The molecule has 0 bridgehead atoms. The first kappa shape index (κ1) is 14.3. The van der Waals surface area contributed by atoms with Gasteiger partial charge in [-0.3, -0.25) is 4.68 Å². The molecule has 0 spiro atoms. The van der Waals surface area contributed by atoms with Crippen molar-refractivity contribution in [3.05, 3.63) is 51.8 Å². The van der Waals surface area contributed by atoms with Gasteiger partial charge in [0.25, 0.3) is 0 Å². The van der Waals surface area contributed by atoms with E-state index in [0.717, 1.165) is 28.6 Å². The van der Waals surface area contributed by atoms with E-state index in [4.69, 9.17) is 5.73 Å². The van der Waals surface area contributed by atoms with Crippen LogP contribution in [-0.4, -0.2) is 9.78 Å². The fourth-order valence-corrected chi connectivity index (χ4v) is 2.63. The number of hydrogen-bond acceptors (Lipinski definition) is 2. The Kier molecular flexibility index (Phi) is 4.11. The summed E-state index contributed by atoms with van der Waals surface area (Å²) in [4.78, 5) is 0. The van der Waals surface area contributed by atoms with Crippen LogP contribution in [0.1, 0.15) is 30.8 Å². The standard InChI is InChI=1S/C15H20BrN3/c1-4-13-9-14(19(3)18-13)10-15(2,17)11-6-5-7-12(16)8-11/h5-9H,4,10,17H2,1-3H3. The van der Waals surface area contributed by atoms with Crippen molar-refractivity contribution in [2.75, 3.05) is 0 Å². The summed E-state index contributed by atoms with van der Waals surface area (Å²) >= 11 is 3.50. The van der Waals surface area contributed by atoms with Crippen molar-refractivity contribution in [1.29, 1.82) is 0 Å². The molecule has 3 nitrogen and oxygen atoms in total. The number of hydrogen-bond donors (Lipinski definition) is 1. The molecule has 2 rings (SSSR count). The summed E-state index contributed by atoms with van der Waals surface area (Å²) in [6, 6.07) is 10.3. The van der Waals surface area contributed by atoms with Crippen LogP contribution in [0.2, 0.25) is 0 Å². The molecule has 2 aromatic rings. The first-order chi connectivity index (χ1) is 8.92. The number of nitrogens with zero attached hydrogens (tertiary/aromatic N) is 2. The van der Waals surface area contributed by atoms with E-state index in [0.29, 0.717) is 0 Å². The van der Waals surface area contributed by atoms with Crippen LogP contribution >= 0.6 is 15.9 Å². The van der Waals surface area contributed by atoms with Crippen molar-refractivity contribution in [3.8, 4) is 0 Å². The molecule has 4 heteroatoms. The number of halogens is 1. The van der Waals surface area contributed by atoms with Gasteiger partial charge in [0.2, 0.25) is 0 Å². The minimum absolute atomic E-state index is 0.400. The van der Waals surface area contributed by atoms with Gasteiger partial charge in [-0.05, 0) is 37.1 Å². The number of nitrogens with two attached hydrogens (primary N) is 1. The van der Waals surface area contributed by atoms with E-state index < -0.39 is 5.54 Å². The lowest BCUT2D eigenvalue weighted by Gasteiger charge is -2.25. The second-order valence-corrected chi connectivity index (χ2v) is 6.12. The zero-order valence-corrected chi connectivity index (χ0v) is 13.2. The topological polar surface area (TPSA) is 43.8 Å². The van der Waals surface area contributed by atoms with Crippen LogP contribution in [0.25, 0.3) is 0 Å². The van der Waals surface area contributed by atoms with Crippen LogP contribution in [-0.2, 0) is 25.4 Å². The highest BCUT2D eigenvalue weighted by Gasteiger charge is 2.23. The van der Waals surface area contributed by atoms with Gasteiger partial charge < -0.3 is 5.73 Å². The van der Waals surface area contributed by atoms with Crippen LogP contribution in [0, 0.1) is 0 Å². The predicted molar refractivity (Wildman–Crippen MR) is 82.0 cm³/mol. The lowest BCUT2D eigenvalue weighted by molar-refractivity contribution is 0.471. The molecule has 1 unspecified atom stereocenters. The van der Waals surface area contributed by atoms with Gasteiger partial charge in [-0.25, -0.2) is 0 Å². The number of benzene rings is 1. The second-order valence-electron chi connectivity index (χ2n) is 5.21. The molecule has 1 atom stereocenters. The lowest BCUT2D eigenvalue weighted by atomic mass is 9.88. The fraction of sp³-hybridized carbons (Fsp3) is 0.400. The SMILES string of the molecule is CCc1cc(CC(C)(N)c2cccc(Br)c2)n(C)n1. The van der Waals surface area contributed by atoms with Crippen LogP contribution in [0.3, 0.4) is 0 Å². The maximum absolute atomic E-state index is 6.50. The molecule has 0 saturated heterocycles. The molecule has 0 saturated carbocycles. The van der Waals surface area contributed by atoms with Crippen molar-refractivity contribution < 1.29 is 0 Å². The van der Waals surface area contributed by atoms with E-state index in [2.05, 4.69) is 53.1 Å². The summed E-state index contributed by atoms with van der Waals surface area (Å²) < 4.78 is 2.99. The Morgan fingerprint density at radius 1 is 1.37 bits per heavy atom. The van der Waals surface area contributed by atoms with Crippen LogP contribution in [0.5, 0.6) is 0 Å². The summed E-state index contributed by atoms with van der Waals surface area (Å²) in [7, 11) is 1.98. The second kappa shape index (κ2) is 5.47. The minimum atomic E-state index is -0.400. The Labute approximate surface area is 122 Å². The average molecular weight is 322 g/mol. The zero-order valence-electron chi connectivity index (χ0n) is 11.7. The van der Waals surface area contributed by atoms with Crippen molar-refractivity contribution >= 4 is 15.9 Å². The molecule has 1 aromatic carbocycles. The fourth-order valence-electron chi connectivity index (χ4n) is 2.23. The molecule has 0 aliphatic carbocycles. The van der Waals surface area contributed by atoms with E-state index in [9.17, 15) is 0 Å². The first-order valence-electron chi connectivity index (χ1n) is 6.49. The van der Waals surface area contributed by atoms with E-state index in [1.165, 1.54) is 5.69 Å². The highest BCUT2D eigenvalue weighted by Crippen LogP contribution is 2.25. The van der Waals surface area contributed by atoms with Crippen LogP contribution < -0.4 is 5.73 Å². The molecular formula is C15H20BrN3. The molecule has 0 amide bonds. The van der Waals surface area contributed by atoms with Crippen molar-refractivity contribution in [3.63, 3.8) is 0 Å². The largest absolute Gasteiger partial charge is 0.321 e. The number of rotatable bonds is 4. The van der Waals surface area contributed by atoms with Gasteiger partial charge in [0, 0.05) is 29.2 Å². The maximum atomic E-state index is 6.50. The molecule has 0 aliphatic heterocycles. The van der Waals surface area contributed by atoms with Crippen molar-refractivity contribution in [2.24, 2.45) is 12.8 Å². The number of aryl methyl sites for hydroxylation is 2. The number of aromatic nitrogens is 2. The zero-order chi connectivity index (χ0) is 14.0. The molecule has 2 N–H and O–H groups in total. The molecule has 0 radical (unpaired) electrons. The average Bonchev–Trinajstić information content (AvgIpc) is 2.70. The Morgan fingerprint density at radius 2 is 2.11 bits per heavy atom. The van der Waals surface area contributed by atoms with Gasteiger partial charge in [0.1, 0.15) is 0 Å². The smallest absolute Gasteiger partial charge is 0.0624 e. The van der Waals surface area contributed by atoms with Gasteiger partial charge in [-0.1, -0.05) is 35.0 Å². The summed E-state index contributed by atoms with van der Waals surface area (Å²) in [5.74, 6) is 0. The molecular weight excluding hydrogens is 302 g/mol. The monoisotopic (exact) mass is 321 g/mol. The molecule has 102 valence electrons. The van der Waals surface area contributed by atoms with Gasteiger partial charge in [-0.15, -0.1) is 0 Å². The highest BCUT2D eigenvalue weighted by molar-refractivity contribution is 9.10.